The Hall–Kier alpha value is -2.09. The van der Waals surface area contributed by atoms with Gasteiger partial charge in [0.1, 0.15) is 24.2 Å². The first-order chi connectivity index (χ1) is 15.3. The molecule has 0 aliphatic carbocycles. The van der Waals surface area contributed by atoms with Crippen molar-refractivity contribution >= 4 is 9.84 Å². The van der Waals surface area contributed by atoms with Crippen LogP contribution in [0, 0.1) is 0 Å². The molecular weight excluding hydrogens is 426 g/mol. The van der Waals surface area contributed by atoms with Gasteiger partial charge in [-0.2, -0.15) is 0 Å². The third-order valence-electron chi connectivity index (χ3n) is 5.78. The molecule has 6 nitrogen and oxygen atoms in total. The minimum Gasteiger partial charge on any atom is -0.494 e. The maximum Gasteiger partial charge on any atom is 0.151 e. The van der Waals surface area contributed by atoms with Gasteiger partial charge in [-0.1, -0.05) is 38.1 Å². The van der Waals surface area contributed by atoms with Gasteiger partial charge in [-0.05, 0) is 54.7 Å². The van der Waals surface area contributed by atoms with Gasteiger partial charge in [-0.25, -0.2) is 8.42 Å². The lowest BCUT2D eigenvalue weighted by molar-refractivity contribution is 0.0524. The molecule has 1 N–H and O–H groups in total. The van der Waals surface area contributed by atoms with Crippen molar-refractivity contribution in [3.05, 3.63) is 59.7 Å². The molecule has 2 aromatic rings. The number of ether oxygens (including phenoxy) is 2. The molecular formula is C25H35NO5S. The predicted molar refractivity (Wildman–Crippen MR) is 127 cm³/mol. The summed E-state index contributed by atoms with van der Waals surface area (Å²) in [4.78, 5) is 2.07. The van der Waals surface area contributed by atoms with E-state index in [0.29, 0.717) is 32.0 Å². The lowest BCUT2D eigenvalue weighted by atomic mass is 10.0. The Bertz CT molecular complexity index is 941. The van der Waals surface area contributed by atoms with E-state index in [-0.39, 0.29) is 24.2 Å². The van der Waals surface area contributed by atoms with Crippen LogP contribution in [0.5, 0.6) is 11.5 Å². The molecule has 1 saturated heterocycles. The van der Waals surface area contributed by atoms with E-state index in [9.17, 15) is 13.5 Å². The summed E-state index contributed by atoms with van der Waals surface area (Å²) < 4.78 is 35.4. The van der Waals surface area contributed by atoms with E-state index in [1.54, 1.807) is 0 Å². The first-order valence-electron chi connectivity index (χ1n) is 11.3. The number of hydrogen-bond donors (Lipinski definition) is 1. The second-order valence-corrected chi connectivity index (χ2v) is 11.0. The average molecular weight is 462 g/mol. The van der Waals surface area contributed by atoms with Crippen molar-refractivity contribution in [2.45, 2.75) is 51.8 Å². The van der Waals surface area contributed by atoms with Crippen LogP contribution < -0.4 is 9.47 Å². The zero-order chi connectivity index (χ0) is 23.1. The zero-order valence-electron chi connectivity index (χ0n) is 19.2. The monoisotopic (exact) mass is 461 g/mol. The number of benzene rings is 2. The Kier molecular flexibility index (Phi) is 8.57. The maximum absolute atomic E-state index is 12.1. The predicted octanol–water partition coefficient (Wildman–Crippen LogP) is 3.64. The van der Waals surface area contributed by atoms with Crippen LogP contribution in [0.25, 0.3) is 0 Å². The van der Waals surface area contributed by atoms with E-state index >= 15 is 0 Å². The molecule has 0 bridgehead atoms. The van der Waals surface area contributed by atoms with Crippen molar-refractivity contribution < 1.29 is 23.0 Å². The molecule has 32 heavy (non-hydrogen) atoms. The second kappa shape index (κ2) is 11.2. The van der Waals surface area contributed by atoms with E-state index in [1.165, 1.54) is 5.56 Å². The van der Waals surface area contributed by atoms with Gasteiger partial charge in [-0.3, -0.25) is 4.90 Å². The van der Waals surface area contributed by atoms with E-state index in [1.807, 2.05) is 55.5 Å². The Morgan fingerprint density at radius 2 is 1.66 bits per heavy atom. The summed E-state index contributed by atoms with van der Waals surface area (Å²) in [5, 5.41) is 10.7. The number of sulfone groups is 1. The van der Waals surface area contributed by atoms with Crippen LogP contribution in [0.1, 0.15) is 44.2 Å². The van der Waals surface area contributed by atoms with Gasteiger partial charge in [-0.15, -0.1) is 0 Å². The highest BCUT2D eigenvalue weighted by Gasteiger charge is 2.33. The number of rotatable bonds is 11. The van der Waals surface area contributed by atoms with Gasteiger partial charge in [0.25, 0.3) is 0 Å². The van der Waals surface area contributed by atoms with Crippen LogP contribution >= 0.6 is 0 Å². The Labute approximate surface area is 192 Å². The summed E-state index contributed by atoms with van der Waals surface area (Å²) >= 11 is 0. The molecule has 176 valence electrons. The van der Waals surface area contributed by atoms with Crippen LogP contribution in [-0.2, 0) is 16.4 Å². The van der Waals surface area contributed by atoms with Crippen LogP contribution in [0.15, 0.2) is 48.5 Å². The molecule has 1 fully saturated rings. The number of aliphatic hydroxyl groups excluding tert-OH is 1. The molecule has 1 heterocycles. The quantitative estimate of drug-likeness (QED) is 0.551. The molecule has 7 heteroatoms. The highest BCUT2D eigenvalue weighted by Crippen LogP contribution is 2.22. The van der Waals surface area contributed by atoms with Gasteiger partial charge in [0, 0.05) is 19.1 Å². The fourth-order valence-electron chi connectivity index (χ4n) is 3.96. The molecule has 2 unspecified atom stereocenters. The summed E-state index contributed by atoms with van der Waals surface area (Å²) in [7, 11) is -3.02. The third-order valence-corrected chi connectivity index (χ3v) is 7.53. The van der Waals surface area contributed by atoms with E-state index < -0.39 is 15.9 Å². The van der Waals surface area contributed by atoms with E-state index in [2.05, 4.69) is 18.7 Å². The summed E-state index contributed by atoms with van der Waals surface area (Å²) in [6.07, 6.45) is -0.144. The normalized spacial score (nSPS) is 18.8. The van der Waals surface area contributed by atoms with Crippen molar-refractivity contribution in [1.82, 2.24) is 4.90 Å². The molecule has 0 radical (unpaired) electrons. The van der Waals surface area contributed by atoms with E-state index in [4.69, 9.17) is 9.47 Å². The van der Waals surface area contributed by atoms with Crippen molar-refractivity contribution in [2.75, 3.05) is 31.3 Å². The third kappa shape index (κ3) is 7.22. The van der Waals surface area contributed by atoms with Crippen LogP contribution in [0.4, 0.5) is 0 Å². The molecule has 0 amide bonds. The maximum atomic E-state index is 12.1. The van der Waals surface area contributed by atoms with Crippen molar-refractivity contribution in [2.24, 2.45) is 0 Å². The lowest BCUT2D eigenvalue weighted by Crippen LogP contribution is -2.42. The van der Waals surface area contributed by atoms with Gasteiger partial charge >= 0.3 is 0 Å². The molecule has 1 aliphatic rings. The summed E-state index contributed by atoms with van der Waals surface area (Å²) in [5.74, 6) is 2.31. The Balaban J connectivity index is 1.62. The summed E-state index contributed by atoms with van der Waals surface area (Å²) in [6, 6.07) is 15.6. The average Bonchev–Trinajstić information content (AvgIpc) is 3.13. The topological polar surface area (TPSA) is 76.1 Å². The van der Waals surface area contributed by atoms with Crippen molar-refractivity contribution in [3.8, 4) is 11.5 Å². The van der Waals surface area contributed by atoms with Crippen LogP contribution in [0.2, 0.25) is 0 Å². The Morgan fingerprint density at radius 3 is 2.22 bits per heavy atom. The molecule has 2 atom stereocenters. The summed E-state index contributed by atoms with van der Waals surface area (Å²) in [6.45, 7) is 7.89. The lowest BCUT2D eigenvalue weighted by Gasteiger charge is -2.30. The molecule has 3 rings (SSSR count). The zero-order valence-corrected chi connectivity index (χ0v) is 20.1. The van der Waals surface area contributed by atoms with Gasteiger partial charge < -0.3 is 14.6 Å². The minimum atomic E-state index is -3.02. The van der Waals surface area contributed by atoms with Gasteiger partial charge in [0.05, 0.1) is 18.1 Å². The Morgan fingerprint density at radius 1 is 1.03 bits per heavy atom. The number of hydrogen-bond acceptors (Lipinski definition) is 6. The highest BCUT2D eigenvalue weighted by atomic mass is 32.2. The van der Waals surface area contributed by atoms with Crippen LogP contribution in [-0.4, -0.2) is 61.8 Å². The fourth-order valence-corrected chi connectivity index (χ4v) is 5.72. The second-order valence-electron chi connectivity index (χ2n) is 8.75. The van der Waals surface area contributed by atoms with Crippen molar-refractivity contribution in [1.29, 1.82) is 0 Å². The van der Waals surface area contributed by atoms with Crippen molar-refractivity contribution in [3.63, 3.8) is 0 Å². The fraction of sp³-hybridized carbons (Fsp3) is 0.520. The first-order valence-corrected chi connectivity index (χ1v) is 13.1. The highest BCUT2D eigenvalue weighted by molar-refractivity contribution is 7.91. The van der Waals surface area contributed by atoms with Gasteiger partial charge in [0.15, 0.2) is 9.84 Å². The molecule has 0 spiro atoms. The largest absolute Gasteiger partial charge is 0.494 e. The minimum absolute atomic E-state index is 0.105. The first kappa shape index (κ1) is 24.6. The molecule has 0 aromatic heterocycles. The molecule has 0 saturated carbocycles. The summed E-state index contributed by atoms with van der Waals surface area (Å²) in [5.41, 5.74) is 2.29. The smallest absolute Gasteiger partial charge is 0.151 e. The SMILES string of the molecule is CCOc1ccc(CN(CC(O)COc2ccc(C(C)C)cc2)C2CCS(=O)(=O)C2)cc1. The molecule has 1 aliphatic heterocycles. The number of aliphatic hydroxyl groups is 1. The standard InChI is InChI=1S/C25H35NO5S/c1-4-30-24-9-5-20(6-10-24)15-26(22-13-14-32(28,29)18-22)16-23(27)17-31-25-11-7-21(8-12-25)19(2)3/h5-12,19,22-23,27H,4,13-18H2,1-3H3. The number of nitrogens with zero attached hydrogens (tertiary/aromatic N) is 1. The van der Waals surface area contributed by atoms with Crippen LogP contribution in [0.3, 0.4) is 0 Å². The van der Waals surface area contributed by atoms with E-state index in [0.717, 1.165) is 17.1 Å². The van der Waals surface area contributed by atoms with Gasteiger partial charge in [0.2, 0.25) is 0 Å². The molecule has 2 aromatic carbocycles.